The van der Waals surface area contributed by atoms with Crippen LogP contribution in [0, 0.1) is 5.41 Å². The minimum atomic E-state index is 0.462. The predicted molar refractivity (Wildman–Crippen MR) is 55.9 cm³/mol. The zero-order chi connectivity index (χ0) is 9.57. The third-order valence-corrected chi connectivity index (χ3v) is 2.89. The largest absolute Gasteiger partial charge is 0.381 e. The van der Waals surface area contributed by atoms with Gasteiger partial charge in [0.25, 0.3) is 0 Å². The van der Waals surface area contributed by atoms with E-state index in [0.717, 1.165) is 26.3 Å². The smallest absolute Gasteiger partial charge is 0.0535 e. The Morgan fingerprint density at radius 2 is 2.15 bits per heavy atom. The van der Waals surface area contributed by atoms with Crippen LogP contribution in [-0.2, 0) is 4.74 Å². The van der Waals surface area contributed by atoms with Crippen molar-refractivity contribution in [2.24, 2.45) is 5.41 Å². The first-order valence-electron chi connectivity index (χ1n) is 5.61. The number of hydrogen-bond donors (Lipinski definition) is 1. The lowest BCUT2D eigenvalue weighted by molar-refractivity contribution is 0.143. The molecule has 2 heteroatoms. The lowest BCUT2D eigenvalue weighted by Crippen LogP contribution is -2.35. The molecule has 0 aromatic carbocycles. The standard InChI is InChI=1S/C11H23NO/c1-3-5-11(6-8-13-10-11)9-12-7-4-2/h12H,3-10H2,1-2H3. The molecule has 0 bridgehead atoms. The second-order valence-electron chi connectivity index (χ2n) is 4.23. The van der Waals surface area contributed by atoms with Gasteiger partial charge in [0.2, 0.25) is 0 Å². The molecule has 1 unspecified atom stereocenters. The summed E-state index contributed by atoms with van der Waals surface area (Å²) in [5.41, 5.74) is 0.462. The monoisotopic (exact) mass is 185 g/mol. The van der Waals surface area contributed by atoms with E-state index in [9.17, 15) is 0 Å². The second-order valence-corrected chi connectivity index (χ2v) is 4.23. The van der Waals surface area contributed by atoms with Crippen molar-refractivity contribution < 1.29 is 4.74 Å². The zero-order valence-corrected chi connectivity index (χ0v) is 9.07. The van der Waals surface area contributed by atoms with Gasteiger partial charge in [-0.25, -0.2) is 0 Å². The first-order chi connectivity index (χ1) is 6.33. The summed E-state index contributed by atoms with van der Waals surface area (Å²) in [7, 11) is 0. The molecule has 0 aromatic heterocycles. The molecule has 1 aliphatic rings. The van der Waals surface area contributed by atoms with Crippen LogP contribution in [0.15, 0.2) is 0 Å². The summed E-state index contributed by atoms with van der Waals surface area (Å²) in [6.07, 6.45) is 5.06. The number of rotatable bonds is 6. The fraction of sp³-hybridized carbons (Fsp3) is 1.00. The molecule has 0 radical (unpaired) electrons. The maximum Gasteiger partial charge on any atom is 0.0535 e. The van der Waals surface area contributed by atoms with Crippen LogP contribution >= 0.6 is 0 Å². The first kappa shape index (κ1) is 11.0. The van der Waals surface area contributed by atoms with Gasteiger partial charge in [0.05, 0.1) is 6.61 Å². The van der Waals surface area contributed by atoms with E-state index in [4.69, 9.17) is 4.74 Å². The fourth-order valence-electron chi connectivity index (χ4n) is 2.14. The van der Waals surface area contributed by atoms with E-state index >= 15 is 0 Å². The third kappa shape index (κ3) is 3.28. The van der Waals surface area contributed by atoms with E-state index in [0.29, 0.717) is 5.41 Å². The number of ether oxygens (including phenoxy) is 1. The normalized spacial score (nSPS) is 28.2. The first-order valence-corrected chi connectivity index (χ1v) is 5.61. The van der Waals surface area contributed by atoms with Gasteiger partial charge in [-0.05, 0) is 25.8 Å². The van der Waals surface area contributed by atoms with Crippen molar-refractivity contribution in [1.82, 2.24) is 5.32 Å². The van der Waals surface area contributed by atoms with Crippen molar-refractivity contribution in [2.75, 3.05) is 26.3 Å². The van der Waals surface area contributed by atoms with E-state index in [-0.39, 0.29) is 0 Å². The molecular formula is C11H23NO. The average Bonchev–Trinajstić information content (AvgIpc) is 2.55. The van der Waals surface area contributed by atoms with Crippen LogP contribution in [0.3, 0.4) is 0 Å². The number of hydrogen-bond acceptors (Lipinski definition) is 2. The van der Waals surface area contributed by atoms with Crippen LogP contribution in [0.1, 0.15) is 39.5 Å². The average molecular weight is 185 g/mol. The SMILES string of the molecule is CCCNCC1(CCC)CCOC1. The Labute approximate surface area is 82.0 Å². The highest BCUT2D eigenvalue weighted by molar-refractivity contribution is 4.84. The van der Waals surface area contributed by atoms with E-state index in [1.54, 1.807) is 0 Å². The van der Waals surface area contributed by atoms with Gasteiger partial charge in [0.15, 0.2) is 0 Å². The summed E-state index contributed by atoms with van der Waals surface area (Å²) in [4.78, 5) is 0. The van der Waals surface area contributed by atoms with E-state index in [1.807, 2.05) is 0 Å². The summed E-state index contributed by atoms with van der Waals surface area (Å²) in [5, 5.41) is 3.52. The molecule has 1 aliphatic heterocycles. The molecule has 0 amide bonds. The molecule has 1 N–H and O–H groups in total. The third-order valence-electron chi connectivity index (χ3n) is 2.89. The molecule has 1 heterocycles. The molecule has 1 saturated heterocycles. The van der Waals surface area contributed by atoms with Crippen molar-refractivity contribution in [3.63, 3.8) is 0 Å². The lowest BCUT2D eigenvalue weighted by atomic mass is 9.82. The van der Waals surface area contributed by atoms with Gasteiger partial charge in [-0.15, -0.1) is 0 Å². The molecule has 1 rings (SSSR count). The summed E-state index contributed by atoms with van der Waals surface area (Å²) >= 11 is 0. The maximum atomic E-state index is 5.50. The fourth-order valence-corrected chi connectivity index (χ4v) is 2.14. The van der Waals surface area contributed by atoms with Gasteiger partial charge in [-0.3, -0.25) is 0 Å². The van der Waals surface area contributed by atoms with Crippen molar-refractivity contribution in [3.05, 3.63) is 0 Å². The van der Waals surface area contributed by atoms with E-state index in [1.165, 1.54) is 25.7 Å². The molecule has 1 fully saturated rings. The molecule has 0 saturated carbocycles. The van der Waals surface area contributed by atoms with Crippen molar-refractivity contribution in [2.45, 2.75) is 39.5 Å². The van der Waals surface area contributed by atoms with Gasteiger partial charge in [-0.1, -0.05) is 20.3 Å². The highest BCUT2D eigenvalue weighted by atomic mass is 16.5. The molecular weight excluding hydrogens is 162 g/mol. The maximum absolute atomic E-state index is 5.50. The Kier molecular flexibility index (Phi) is 4.74. The molecule has 2 nitrogen and oxygen atoms in total. The Morgan fingerprint density at radius 1 is 1.31 bits per heavy atom. The Hall–Kier alpha value is -0.0800. The Morgan fingerprint density at radius 3 is 2.69 bits per heavy atom. The molecule has 1 atom stereocenters. The second kappa shape index (κ2) is 5.61. The van der Waals surface area contributed by atoms with Crippen molar-refractivity contribution in [3.8, 4) is 0 Å². The van der Waals surface area contributed by atoms with Gasteiger partial charge < -0.3 is 10.1 Å². The van der Waals surface area contributed by atoms with Crippen LogP contribution in [0.25, 0.3) is 0 Å². The molecule has 0 spiro atoms. The number of nitrogens with one attached hydrogen (secondary N) is 1. The molecule has 0 aliphatic carbocycles. The molecule has 13 heavy (non-hydrogen) atoms. The lowest BCUT2D eigenvalue weighted by Gasteiger charge is -2.27. The Bertz CT molecular complexity index is 130. The van der Waals surface area contributed by atoms with Crippen LogP contribution in [-0.4, -0.2) is 26.3 Å². The Balaban J connectivity index is 2.28. The topological polar surface area (TPSA) is 21.3 Å². The minimum absolute atomic E-state index is 0.462. The van der Waals surface area contributed by atoms with Gasteiger partial charge in [0.1, 0.15) is 0 Å². The van der Waals surface area contributed by atoms with Crippen LogP contribution in [0.4, 0.5) is 0 Å². The summed E-state index contributed by atoms with van der Waals surface area (Å²) < 4.78 is 5.50. The van der Waals surface area contributed by atoms with Gasteiger partial charge >= 0.3 is 0 Å². The van der Waals surface area contributed by atoms with E-state index < -0.39 is 0 Å². The minimum Gasteiger partial charge on any atom is -0.381 e. The summed E-state index contributed by atoms with van der Waals surface area (Å²) in [6.45, 7) is 8.70. The van der Waals surface area contributed by atoms with Crippen LogP contribution in [0.5, 0.6) is 0 Å². The molecule has 78 valence electrons. The van der Waals surface area contributed by atoms with Gasteiger partial charge in [-0.2, -0.15) is 0 Å². The predicted octanol–water partition coefficient (Wildman–Crippen LogP) is 2.19. The summed E-state index contributed by atoms with van der Waals surface area (Å²) in [6, 6.07) is 0. The van der Waals surface area contributed by atoms with E-state index in [2.05, 4.69) is 19.2 Å². The highest BCUT2D eigenvalue weighted by Crippen LogP contribution is 2.32. The van der Waals surface area contributed by atoms with Crippen LogP contribution < -0.4 is 5.32 Å². The van der Waals surface area contributed by atoms with Crippen molar-refractivity contribution >= 4 is 0 Å². The molecule has 0 aromatic rings. The van der Waals surface area contributed by atoms with Crippen LogP contribution in [0.2, 0.25) is 0 Å². The zero-order valence-electron chi connectivity index (χ0n) is 9.07. The highest BCUT2D eigenvalue weighted by Gasteiger charge is 2.33. The summed E-state index contributed by atoms with van der Waals surface area (Å²) in [5.74, 6) is 0. The quantitative estimate of drug-likeness (QED) is 0.640. The van der Waals surface area contributed by atoms with Crippen molar-refractivity contribution in [1.29, 1.82) is 0 Å². The van der Waals surface area contributed by atoms with Gasteiger partial charge in [0, 0.05) is 18.6 Å².